The Kier molecular flexibility index (Phi) is 4.94. The minimum atomic E-state index is -1.29. The molecule has 4 aromatic carbocycles. The van der Waals surface area contributed by atoms with E-state index in [2.05, 4.69) is 36.4 Å². The lowest BCUT2D eigenvalue weighted by atomic mass is 10.0. The van der Waals surface area contributed by atoms with Crippen molar-refractivity contribution in [2.45, 2.75) is 0 Å². The van der Waals surface area contributed by atoms with Gasteiger partial charge in [-0.1, -0.05) is 72.8 Å². The number of rotatable bonds is 4. The molecule has 2 aliphatic heterocycles. The Hall–Kier alpha value is -2.74. The van der Waals surface area contributed by atoms with Crippen LogP contribution in [0.4, 0.5) is 0 Å². The molecule has 0 radical (unpaired) electrons. The largest absolute Gasteiger partial charge is 0.443 e. The molecule has 152 valence electrons. The van der Waals surface area contributed by atoms with Gasteiger partial charge in [0.15, 0.2) is 6.79 Å². The molecule has 2 heterocycles. The third-order valence-electron chi connectivity index (χ3n) is 5.26. The average Bonchev–Trinajstić information content (AvgIpc) is 2.84. The van der Waals surface area contributed by atoms with Crippen molar-refractivity contribution in [1.29, 1.82) is 0 Å². The Bertz CT molecular complexity index is 1160. The SMILES string of the molecule is c1ccc2c(c1)OP(OCOP1Oc3ccccc3-c3ccccc31)c1ccccc1-2. The fourth-order valence-corrected chi connectivity index (χ4v) is 6.68. The maximum Gasteiger partial charge on any atom is 0.267 e. The second-order valence-corrected chi connectivity index (χ2v) is 9.97. The molecular formula is C25H18O4P2. The molecule has 0 bridgehead atoms. The topological polar surface area (TPSA) is 36.9 Å². The highest BCUT2D eigenvalue weighted by Gasteiger charge is 2.30. The van der Waals surface area contributed by atoms with Gasteiger partial charge in [0.2, 0.25) is 0 Å². The second kappa shape index (κ2) is 8.07. The van der Waals surface area contributed by atoms with Gasteiger partial charge in [0, 0.05) is 11.1 Å². The molecule has 0 saturated carbocycles. The molecule has 6 heteroatoms. The first-order chi connectivity index (χ1) is 15.4. The lowest BCUT2D eigenvalue weighted by Gasteiger charge is -2.29. The smallest absolute Gasteiger partial charge is 0.267 e. The number of benzene rings is 4. The predicted octanol–water partition coefficient (Wildman–Crippen LogP) is 6.37. The van der Waals surface area contributed by atoms with Gasteiger partial charge in [0.05, 0.1) is 10.6 Å². The van der Waals surface area contributed by atoms with Crippen molar-refractivity contribution < 1.29 is 18.1 Å². The molecule has 0 spiro atoms. The summed E-state index contributed by atoms with van der Waals surface area (Å²) in [5, 5.41) is 2.12. The summed E-state index contributed by atoms with van der Waals surface area (Å²) in [4.78, 5) is 0. The van der Waals surface area contributed by atoms with Crippen molar-refractivity contribution >= 4 is 27.4 Å². The third kappa shape index (κ3) is 3.43. The zero-order valence-corrected chi connectivity index (χ0v) is 18.3. The van der Waals surface area contributed by atoms with Crippen LogP contribution in [-0.4, -0.2) is 6.79 Å². The molecule has 0 aliphatic carbocycles. The summed E-state index contributed by atoms with van der Waals surface area (Å²) in [7, 11) is -2.58. The van der Waals surface area contributed by atoms with E-state index in [0.717, 1.165) is 44.4 Å². The van der Waals surface area contributed by atoms with Crippen LogP contribution in [0.25, 0.3) is 22.3 Å². The quantitative estimate of drug-likeness (QED) is 0.271. The zero-order chi connectivity index (χ0) is 20.6. The predicted molar refractivity (Wildman–Crippen MR) is 125 cm³/mol. The van der Waals surface area contributed by atoms with E-state index in [-0.39, 0.29) is 6.79 Å². The summed E-state index contributed by atoms with van der Waals surface area (Å²) < 4.78 is 24.7. The maximum absolute atomic E-state index is 6.20. The molecule has 2 atom stereocenters. The normalized spacial score (nSPS) is 17.9. The summed E-state index contributed by atoms with van der Waals surface area (Å²) in [6, 6.07) is 32.5. The number of para-hydroxylation sites is 2. The molecule has 4 nitrogen and oxygen atoms in total. The first-order valence-corrected chi connectivity index (χ1v) is 12.3. The van der Waals surface area contributed by atoms with Gasteiger partial charge >= 0.3 is 0 Å². The van der Waals surface area contributed by atoms with E-state index in [1.54, 1.807) is 0 Å². The van der Waals surface area contributed by atoms with Crippen LogP contribution in [-0.2, 0) is 9.05 Å². The van der Waals surface area contributed by atoms with Crippen molar-refractivity contribution in [3.05, 3.63) is 97.1 Å². The Balaban J connectivity index is 1.22. The lowest BCUT2D eigenvalue weighted by Crippen LogP contribution is -2.18. The Morgan fingerprint density at radius 3 is 1.35 bits per heavy atom. The molecule has 0 aromatic heterocycles. The van der Waals surface area contributed by atoms with E-state index < -0.39 is 16.8 Å². The van der Waals surface area contributed by atoms with Crippen LogP contribution < -0.4 is 19.7 Å². The highest BCUT2D eigenvalue weighted by atomic mass is 31.2. The Morgan fingerprint density at radius 2 is 0.871 bits per heavy atom. The molecule has 0 amide bonds. The van der Waals surface area contributed by atoms with Gasteiger partial charge in [0.25, 0.3) is 16.8 Å². The van der Waals surface area contributed by atoms with E-state index in [1.165, 1.54) is 0 Å². The minimum Gasteiger partial charge on any atom is -0.443 e. The van der Waals surface area contributed by atoms with Crippen LogP contribution in [0.1, 0.15) is 0 Å². The molecular weight excluding hydrogens is 426 g/mol. The third-order valence-corrected chi connectivity index (χ3v) is 8.23. The molecule has 0 N–H and O–H groups in total. The molecule has 2 aliphatic rings. The fraction of sp³-hybridized carbons (Fsp3) is 0.0400. The molecule has 6 rings (SSSR count). The highest BCUT2D eigenvalue weighted by molar-refractivity contribution is 7.57. The van der Waals surface area contributed by atoms with Crippen LogP contribution in [0.3, 0.4) is 0 Å². The van der Waals surface area contributed by atoms with Crippen molar-refractivity contribution in [2.75, 3.05) is 6.79 Å². The van der Waals surface area contributed by atoms with Gasteiger partial charge in [-0.3, -0.25) is 9.05 Å². The standard InChI is InChI=1S/C25H18O4P2/c1-5-13-22-18(9-1)20-11-3-7-15-24(20)30(28-22)26-17-27-31-25-16-8-4-12-21(25)19-10-2-6-14-23(19)29-31/h1-16H,17H2. The number of hydrogen-bond donors (Lipinski definition) is 0. The Morgan fingerprint density at radius 1 is 0.484 bits per heavy atom. The molecule has 0 saturated heterocycles. The molecule has 0 fully saturated rings. The maximum atomic E-state index is 6.20. The number of fused-ring (bicyclic) bond motifs is 6. The van der Waals surface area contributed by atoms with Crippen molar-refractivity contribution in [3.8, 4) is 33.8 Å². The van der Waals surface area contributed by atoms with Gasteiger partial charge in [-0.15, -0.1) is 0 Å². The van der Waals surface area contributed by atoms with Gasteiger partial charge in [-0.05, 0) is 35.4 Å². The molecule has 2 unspecified atom stereocenters. The van der Waals surface area contributed by atoms with Crippen LogP contribution >= 0.6 is 16.8 Å². The van der Waals surface area contributed by atoms with E-state index in [0.29, 0.717) is 0 Å². The summed E-state index contributed by atoms with van der Waals surface area (Å²) in [6.45, 7) is 0.0877. The second-order valence-electron chi connectivity index (χ2n) is 7.10. The van der Waals surface area contributed by atoms with Crippen LogP contribution in [0.2, 0.25) is 0 Å². The summed E-state index contributed by atoms with van der Waals surface area (Å²) >= 11 is 0. The van der Waals surface area contributed by atoms with Gasteiger partial charge in [0.1, 0.15) is 11.5 Å². The zero-order valence-electron chi connectivity index (χ0n) is 16.5. The molecule has 31 heavy (non-hydrogen) atoms. The lowest BCUT2D eigenvalue weighted by molar-refractivity contribution is 0.130. The first kappa shape index (κ1) is 19.0. The first-order valence-electron chi connectivity index (χ1n) is 9.97. The number of hydrogen-bond acceptors (Lipinski definition) is 4. The van der Waals surface area contributed by atoms with E-state index >= 15 is 0 Å². The minimum absolute atomic E-state index is 0.0877. The monoisotopic (exact) mass is 444 g/mol. The van der Waals surface area contributed by atoms with Crippen LogP contribution in [0, 0.1) is 0 Å². The van der Waals surface area contributed by atoms with Crippen molar-refractivity contribution in [1.82, 2.24) is 0 Å². The van der Waals surface area contributed by atoms with Crippen molar-refractivity contribution in [3.63, 3.8) is 0 Å². The van der Waals surface area contributed by atoms with E-state index in [9.17, 15) is 0 Å². The van der Waals surface area contributed by atoms with Crippen LogP contribution in [0.5, 0.6) is 11.5 Å². The van der Waals surface area contributed by atoms with E-state index in [4.69, 9.17) is 18.1 Å². The fourth-order valence-electron chi connectivity index (χ4n) is 3.85. The Labute approximate surface area is 183 Å². The van der Waals surface area contributed by atoms with Gasteiger partial charge < -0.3 is 9.05 Å². The summed E-state index contributed by atoms with van der Waals surface area (Å²) in [6.07, 6.45) is 0. The highest BCUT2D eigenvalue weighted by Crippen LogP contribution is 2.52. The summed E-state index contributed by atoms with van der Waals surface area (Å²) in [5.41, 5.74) is 4.47. The van der Waals surface area contributed by atoms with E-state index in [1.807, 2.05) is 60.7 Å². The van der Waals surface area contributed by atoms with Gasteiger partial charge in [-0.25, -0.2) is 0 Å². The summed E-state index contributed by atoms with van der Waals surface area (Å²) in [5.74, 6) is 1.68. The molecule has 4 aromatic rings. The van der Waals surface area contributed by atoms with Gasteiger partial charge in [-0.2, -0.15) is 0 Å². The average molecular weight is 444 g/mol. The van der Waals surface area contributed by atoms with Crippen LogP contribution in [0.15, 0.2) is 97.1 Å². The van der Waals surface area contributed by atoms with Crippen molar-refractivity contribution in [2.24, 2.45) is 0 Å².